The molecule has 1 aliphatic carbocycles. The first-order valence-corrected chi connectivity index (χ1v) is 10.0. The van der Waals surface area contributed by atoms with E-state index >= 15 is 0 Å². The molecular weight excluding hydrogens is 286 g/mol. The Balaban J connectivity index is 1.28. The van der Waals surface area contributed by atoms with Crippen molar-refractivity contribution in [1.82, 2.24) is 26.6 Å². The van der Waals surface area contributed by atoms with Crippen molar-refractivity contribution < 1.29 is 0 Å². The molecule has 6 bridgehead atoms. The van der Waals surface area contributed by atoms with Crippen molar-refractivity contribution in [2.45, 2.75) is 86.2 Å². The molecule has 7 aliphatic heterocycles. The molecule has 6 atom stereocenters. The summed E-state index contributed by atoms with van der Waals surface area (Å²) in [5.74, 6) is 0.900. The van der Waals surface area contributed by atoms with Crippen molar-refractivity contribution in [2.75, 3.05) is 19.6 Å². The predicted octanol–water partition coefficient (Wildman–Crippen LogP) is -0.316. The molecule has 0 aromatic rings. The molecule has 0 radical (unpaired) electrons. The van der Waals surface area contributed by atoms with E-state index in [0.29, 0.717) is 29.7 Å². The van der Waals surface area contributed by atoms with Crippen LogP contribution in [0.4, 0.5) is 0 Å². The van der Waals surface area contributed by atoms with Gasteiger partial charge in [-0.3, -0.25) is 0 Å². The van der Waals surface area contributed by atoms with Crippen molar-refractivity contribution in [3.63, 3.8) is 0 Å². The first kappa shape index (κ1) is 14.0. The third kappa shape index (κ3) is 1.86. The lowest BCUT2D eigenvalue weighted by molar-refractivity contribution is 0.0546. The summed E-state index contributed by atoms with van der Waals surface area (Å²) in [7, 11) is 0. The SMILES string of the molecule is C1CC2(C3NC4(C5NC6CCC5CC6)CNC3C4)CNC1CN2. The summed E-state index contributed by atoms with van der Waals surface area (Å²) >= 11 is 0. The first-order chi connectivity index (χ1) is 11.3. The lowest BCUT2D eigenvalue weighted by Gasteiger charge is -2.56. The zero-order valence-corrected chi connectivity index (χ0v) is 14.0. The van der Waals surface area contributed by atoms with Crippen molar-refractivity contribution >= 4 is 0 Å². The Bertz CT molecular complexity index is 480. The van der Waals surface area contributed by atoms with Crippen molar-refractivity contribution in [2.24, 2.45) is 5.92 Å². The molecule has 128 valence electrons. The highest BCUT2D eigenvalue weighted by atomic mass is 15.3. The van der Waals surface area contributed by atoms with Gasteiger partial charge in [0.15, 0.2) is 0 Å². The lowest BCUT2D eigenvalue weighted by Crippen LogP contribution is -2.79. The number of hydrogen-bond acceptors (Lipinski definition) is 5. The number of piperazine rings is 2. The Hall–Kier alpha value is -0.200. The van der Waals surface area contributed by atoms with E-state index in [1.165, 1.54) is 51.5 Å². The smallest absolute Gasteiger partial charge is 0.0482 e. The third-order valence-corrected chi connectivity index (χ3v) is 8.30. The maximum atomic E-state index is 4.22. The van der Waals surface area contributed by atoms with Gasteiger partial charge in [-0.2, -0.15) is 0 Å². The van der Waals surface area contributed by atoms with Crippen LogP contribution in [0.1, 0.15) is 44.9 Å². The molecule has 6 unspecified atom stereocenters. The van der Waals surface area contributed by atoms with Crippen LogP contribution < -0.4 is 26.6 Å². The maximum absolute atomic E-state index is 4.22. The summed E-state index contributed by atoms with van der Waals surface area (Å²) in [5.41, 5.74) is 0.589. The van der Waals surface area contributed by atoms with Crippen molar-refractivity contribution in [3.05, 3.63) is 0 Å². The van der Waals surface area contributed by atoms with Crippen LogP contribution in [0.25, 0.3) is 0 Å². The average Bonchev–Trinajstić information content (AvgIpc) is 3.25. The second-order valence-corrected chi connectivity index (χ2v) is 9.38. The van der Waals surface area contributed by atoms with Gasteiger partial charge in [0.05, 0.1) is 0 Å². The summed E-state index contributed by atoms with van der Waals surface area (Å²) in [6.07, 6.45) is 9.73. The Morgan fingerprint density at radius 3 is 2.30 bits per heavy atom. The molecular formula is C18H31N5. The van der Waals surface area contributed by atoms with E-state index in [9.17, 15) is 0 Å². The van der Waals surface area contributed by atoms with E-state index in [2.05, 4.69) is 26.6 Å². The minimum Gasteiger partial charge on any atom is -0.311 e. The quantitative estimate of drug-likeness (QED) is 0.483. The standard InChI is InChI=1S/C18H31N5/c1-3-12-4-2-11(1)15(22-12)18-7-14(20-10-18)16(23-18)17-6-5-13(8-21-17)19-9-17/h11-16,19-23H,1-10H2. The third-order valence-electron chi connectivity index (χ3n) is 8.30. The molecule has 0 amide bonds. The Labute approximate surface area is 139 Å². The summed E-state index contributed by atoms with van der Waals surface area (Å²) < 4.78 is 0. The Kier molecular flexibility index (Phi) is 2.86. The molecule has 0 spiro atoms. The topological polar surface area (TPSA) is 60.1 Å². The average molecular weight is 317 g/mol. The Morgan fingerprint density at radius 1 is 0.783 bits per heavy atom. The summed E-state index contributed by atoms with van der Waals surface area (Å²) in [6.45, 7) is 3.47. The molecule has 0 aromatic carbocycles. The highest BCUT2D eigenvalue weighted by Gasteiger charge is 2.62. The minimum atomic E-state index is 0.280. The zero-order chi connectivity index (χ0) is 15.1. The predicted molar refractivity (Wildman–Crippen MR) is 90.5 cm³/mol. The monoisotopic (exact) mass is 317 g/mol. The minimum absolute atomic E-state index is 0.280. The van der Waals surface area contributed by atoms with Crippen LogP contribution in [0.5, 0.6) is 0 Å². The molecule has 8 aliphatic rings. The van der Waals surface area contributed by atoms with Crippen molar-refractivity contribution in [3.8, 4) is 0 Å². The van der Waals surface area contributed by atoms with E-state index in [1.807, 2.05) is 0 Å². The molecule has 5 nitrogen and oxygen atoms in total. The van der Waals surface area contributed by atoms with Crippen LogP contribution in [0.3, 0.4) is 0 Å². The second-order valence-electron chi connectivity index (χ2n) is 9.38. The number of piperidine rings is 4. The van der Waals surface area contributed by atoms with Gasteiger partial charge in [0.2, 0.25) is 0 Å². The number of nitrogens with one attached hydrogen (secondary N) is 5. The molecule has 8 fully saturated rings. The fourth-order valence-electron chi connectivity index (χ4n) is 7.05. The molecule has 5 heteroatoms. The van der Waals surface area contributed by atoms with Crippen LogP contribution >= 0.6 is 0 Å². The Morgan fingerprint density at radius 2 is 1.65 bits per heavy atom. The molecule has 7 saturated heterocycles. The molecule has 7 heterocycles. The van der Waals surface area contributed by atoms with Gasteiger partial charge in [-0.15, -0.1) is 0 Å². The summed E-state index contributed by atoms with van der Waals surface area (Å²) in [6, 6.07) is 3.45. The van der Waals surface area contributed by atoms with E-state index in [4.69, 9.17) is 0 Å². The van der Waals surface area contributed by atoms with Gasteiger partial charge in [-0.25, -0.2) is 0 Å². The highest BCUT2D eigenvalue weighted by Crippen LogP contribution is 2.45. The molecule has 0 aromatic heterocycles. The number of fused-ring (bicyclic) bond motifs is 9. The van der Waals surface area contributed by atoms with Crippen LogP contribution in [-0.4, -0.2) is 60.9 Å². The van der Waals surface area contributed by atoms with Gasteiger partial charge in [0.1, 0.15) is 0 Å². The normalized spacial score (nSPS) is 60.5. The zero-order valence-electron chi connectivity index (χ0n) is 14.0. The van der Waals surface area contributed by atoms with E-state index in [0.717, 1.165) is 25.0 Å². The van der Waals surface area contributed by atoms with E-state index < -0.39 is 0 Å². The largest absolute Gasteiger partial charge is 0.311 e. The first-order valence-electron chi connectivity index (χ1n) is 10.0. The summed E-state index contributed by atoms with van der Waals surface area (Å²) in [5, 5.41) is 19.9. The van der Waals surface area contributed by atoms with Crippen LogP contribution in [0.15, 0.2) is 0 Å². The van der Waals surface area contributed by atoms with Gasteiger partial charge >= 0.3 is 0 Å². The summed E-state index contributed by atoms with van der Waals surface area (Å²) in [4.78, 5) is 0. The second kappa shape index (κ2) is 4.70. The maximum Gasteiger partial charge on any atom is 0.0482 e. The molecule has 8 rings (SSSR count). The lowest BCUT2D eigenvalue weighted by atomic mass is 9.69. The fourth-order valence-corrected chi connectivity index (χ4v) is 7.05. The van der Waals surface area contributed by atoms with E-state index in [1.54, 1.807) is 0 Å². The molecule has 1 saturated carbocycles. The van der Waals surface area contributed by atoms with Crippen LogP contribution in [-0.2, 0) is 0 Å². The van der Waals surface area contributed by atoms with Gasteiger partial charge in [0, 0.05) is 60.9 Å². The van der Waals surface area contributed by atoms with Crippen LogP contribution in [0.2, 0.25) is 0 Å². The van der Waals surface area contributed by atoms with Crippen LogP contribution in [0, 0.1) is 5.92 Å². The molecule has 5 N–H and O–H groups in total. The van der Waals surface area contributed by atoms with Gasteiger partial charge in [0.25, 0.3) is 0 Å². The van der Waals surface area contributed by atoms with Gasteiger partial charge in [-0.1, -0.05) is 0 Å². The van der Waals surface area contributed by atoms with E-state index in [-0.39, 0.29) is 5.54 Å². The van der Waals surface area contributed by atoms with Crippen molar-refractivity contribution in [1.29, 1.82) is 0 Å². The highest BCUT2D eigenvalue weighted by molar-refractivity contribution is 5.26. The number of rotatable bonds is 2. The van der Waals surface area contributed by atoms with Gasteiger partial charge < -0.3 is 26.6 Å². The number of hydrogen-bond donors (Lipinski definition) is 5. The fraction of sp³-hybridized carbons (Fsp3) is 1.00. The van der Waals surface area contributed by atoms with Gasteiger partial charge in [-0.05, 0) is 50.9 Å². The molecule has 23 heavy (non-hydrogen) atoms.